The van der Waals surface area contributed by atoms with Crippen molar-refractivity contribution in [3.63, 3.8) is 0 Å². The molecule has 5 fully saturated rings. The van der Waals surface area contributed by atoms with E-state index in [-0.39, 0.29) is 16.9 Å². The second-order valence-corrected chi connectivity index (χ2v) is 12.0. The van der Waals surface area contributed by atoms with Crippen molar-refractivity contribution < 1.29 is 18.0 Å². The smallest absolute Gasteiger partial charge is 0.323 e. The minimum absolute atomic E-state index is 0.152. The van der Waals surface area contributed by atoms with Gasteiger partial charge in [0.05, 0.1) is 5.69 Å². The number of halogens is 3. The molecule has 2 spiro atoms. The Morgan fingerprint density at radius 3 is 2.31 bits per heavy atom. The zero-order valence-corrected chi connectivity index (χ0v) is 19.5. The molecule has 0 aromatic carbocycles. The van der Waals surface area contributed by atoms with Gasteiger partial charge in [-0.25, -0.2) is 14.5 Å². The van der Waals surface area contributed by atoms with Crippen LogP contribution in [0.25, 0.3) is 0 Å². The standard InChI is InChI=1S/C23H29F3N8O/c24-23(25,26)13-34-8-17(28-31-34)3-14-4-21(5-14)9-32(10-21)20(35)33-11-22(12-33)6-16(7-22)19-27-18(29-30-19)15-1-2-15/h8,14-16H,1-7,9-13H2,(H,27,29,30). The van der Waals surface area contributed by atoms with Crippen molar-refractivity contribution in [1.29, 1.82) is 0 Å². The number of aromatic amines is 1. The predicted octanol–water partition coefficient (Wildman–Crippen LogP) is 3.09. The summed E-state index contributed by atoms with van der Waals surface area (Å²) in [6, 6.07) is 0.152. The Bertz CT molecular complexity index is 1130. The van der Waals surface area contributed by atoms with Crippen LogP contribution in [0.1, 0.15) is 67.7 Å². The van der Waals surface area contributed by atoms with Crippen LogP contribution in [0.3, 0.4) is 0 Å². The number of nitrogens with one attached hydrogen (secondary N) is 1. The number of carbonyl (C=O) groups is 1. The molecule has 2 aromatic rings. The van der Waals surface area contributed by atoms with Crippen molar-refractivity contribution in [2.75, 3.05) is 26.2 Å². The third-order valence-electron chi connectivity index (χ3n) is 8.72. The fourth-order valence-corrected chi connectivity index (χ4v) is 6.99. The van der Waals surface area contributed by atoms with Gasteiger partial charge in [0.2, 0.25) is 0 Å². The zero-order chi connectivity index (χ0) is 24.0. The molecule has 2 amide bonds. The SMILES string of the molecule is O=C(N1CC2(CC(Cc3cn(CC(F)(F)F)nn3)C2)C1)N1CC2(CC(c3nc(C4CC4)n[nH]3)C2)C1. The number of likely N-dealkylation sites (tertiary alicyclic amines) is 2. The molecule has 4 heterocycles. The highest BCUT2D eigenvalue weighted by Gasteiger charge is 2.58. The first-order valence-corrected chi connectivity index (χ1v) is 12.6. The number of rotatable bonds is 5. The van der Waals surface area contributed by atoms with Crippen LogP contribution in [0.5, 0.6) is 0 Å². The zero-order valence-electron chi connectivity index (χ0n) is 19.5. The number of amides is 2. The van der Waals surface area contributed by atoms with E-state index in [1.54, 1.807) is 0 Å². The number of urea groups is 1. The quantitative estimate of drug-likeness (QED) is 0.695. The predicted molar refractivity (Wildman–Crippen MR) is 116 cm³/mol. The van der Waals surface area contributed by atoms with Crippen LogP contribution < -0.4 is 0 Å². The van der Waals surface area contributed by atoms with E-state index in [4.69, 9.17) is 4.98 Å². The van der Waals surface area contributed by atoms with E-state index < -0.39 is 12.7 Å². The molecule has 2 aromatic heterocycles. The molecule has 188 valence electrons. The highest BCUT2D eigenvalue weighted by Crippen LogP contribution is 2.57. The lowest BCUT2D eigenvalue weighted by Crippen LogP contribution is -2.70. The third-order valence-corrected chi connectivity index (χ3v) is 8.72. The van der Waals surface area contributed by atoms with Crippen LogP contribution in [-0.4, -0.2) is 78.4 Å². The van der Waals surface area contributed by atoms with Crippen molar-refractivity contribution in [3.8, 4) is 0 Å². The van der Waals surface area contributed by atoms with Crippen molar-refractivity contribution in [2.24, 2.45) is 16.7 Å². The normalized spacial score (nSPS) is 25.3. The van der Waals surface area contributed by atoms with Gasteiger partial charge in [0.25, 0.3) is 0 Å². The average molecular weight is 491 g/mol. The number of hydrogen-bond donors (Lipinski definition) is 1. The molecule has 3 aliphatic carbocycles. The maximum Gasteiger partial charge on any atom is 0.408 e. The molecular weight excluding hydrogens is 461 g/mol. The largest absolute Gasteiger partial charge is 0.408 e. The summed E-state index contributed by atoms with van der Waals surface area (Å²) >= 11 is 0. The van der Waals surface area contributed by atoms with Crippen molar-refractivity contribution in [3.05, 3.63) is 23.5 Å². The van der Waals surface area contributed by atoms with Crippen LogP contribution in [0.4, 0.5) is 18.0 Å². The molecule has 35 heavy (non-hydrogen) atoms. The minimum atomic E-state index is -4.29. The first-order valence-electron chi connectivity index (χ1n) is 12.6. The Morgan fingerprint density at radius 1 is 1.03 bits per heavy atom. The summed E-state index contributed by atoms with van der Waals surface area (Å²) in [6.07, 6.45) is 4.31. The van der Waals surface area contributed by atoms with Gasteiger partial charge in [0.1, 0.15) is 12.4 Å². The lowest BCUT2D eigenvalue weighted by Gasteiger charge is -2.63. The second kappa shape index (κ2) is 7.19. The van der Waals surface area contributed by atoms with E-state index in [0.29, 0.717) is 29.9 Å². The maximum atomic E-state index is 12.9. The molecule has 9 nitrogen and oxygen atoms in total. The van der Waals surface area contributed by atoms with Gasteiger partial charge in [0.15, 0.2) is 5.82 Å². The summed E-state index contributed by atoms with van der Waals surface area (Å²) < 4.78 is 38.3. The van der Waals surface area contributed by atoms with Crippen molar-refractivity contribution >= 4 is 6.03 Å². The van der Waals surface area contributed by atoms with Crippen LogP contribution >= 0.6 is 0 Å². The number of H-pyrrole nitrogens is 1. The third kappa shape index (κ3) is 3.88. The van der Waals surface area contributed by atoms with Gasteiger partial charge < -0.3 is 9.80 Å². The Hall–Kier alpha value is -2.66. The number of nitrogens with zero attached hydrogens (tertiary/aromatic N) is 7. The molecule has 0 bridgehead atoms. The molecular formula is C23H29F3N8O. The van der Waals surface area contributed by atoms with E-state index in [1.165, 1.54) is 19.0 Å². The molecule has 3 saturated carbocycles. The van der Waals surface area contributed by atoms with Gasteiger partial charge in [-0.05, 0) is 50.9 Å². The van der Waals surface area contributed by atoms with Crippen LogP contribution in [0.15, 0.2) is 6.20 Å². The molecule has 5 aliphatic rings. The van der Waals surface area contributed by atoms with Gasteiger partial charge in [0, 0.05) is 55.0 Å². The molecule has 1 N–H and O–H groups in total. The minimum Gasteiger partial charge on any atom is -0.323 e. The topological polar surface area (TPSA) is 95.8 Å². The first-order chi connectivity index (χ1) is 16.7. The van der Waals surface area contributed by atoms with E-state index in [9.17, 15) is 18.0 Å². The van der Waals surface area contributed by atoms with Gasteiger partial charge in [-0.3, -0.25) is 5.10 Å². The Morgan fingerprint density at radius 2 is 1.69 bits per heavy atom. The summed E-state index contributed by atoms with van der Waals surface area (Å²) in [6.45, 7) is 2.15. The lowest BCUT2D eigenvalue weighted by atomic mass is 9.56. The van der Waals surface area contributed by atoms with Crippen molar-refractivity contribution in [2.45, 2.75) is 69.5 Å². The fraction of sp³-hybridized carbons (Fsp3) is 0.783. The molecule has 0 unspecified atom stereocenters. The molecule has 0 radical (unpaired) electrons. The molecule has 0 atom stereocenters. The fourth-order valence-electron chi connectivity index (χ4n) is 6.99. The molecule has 2 saturated heterocycles. The summed E-state index contributed by atoms with van der Waals surface area (Å²) in [4.78, 5) is 21.5. The first kappa shape index (κ1) is 21.6. The van der Waals surface area contributed by atoms with Gasteiger partial charge in [-0.15, -0.1) is 5.10 Å². The van der Waals surface area contributed by atoms with E-state index in [1.807, 2.05) is 9.80 Å². The van der Waals surface area contributed by atoms with E-state index in [2.05, 4.69) is 20.5 Å². The molecule has 2 aliphatic heterocycles. The van der Waals surface area contributed by atoms with Gasteiger partial charge in [-0.1, -0.05) is 5.21 Å². The van der Waals surface area contributed by atoms with Crippen LogP contribution in [0.2, 0.25) is 0 Å². The van der Waals surface area contributed by atoms with Crippen LogP contribution in [0, 0.1) is 16.7 Å². The van der Waals surface area contributed by atoms with Gasteiger partial charge >= 0.3 is 12.2 Å². The lowest BCUT2D eigenvalue weighted by molar-refractivity contribution is -0.142. The summed E-state index contributed by atoms with van der Waals surface area (Å²) in [7, 11) is 0. The summed E-state index contributed by atoms with van der Waals surface area (Å²) in [5, 5.41) is 15.0. The average Bonchev–Trinajstić information content (AvgIpc) is 3.24. The Kier molecular flexibility index (Phi) is 4.44. The summed E-state index contributed by atoms with van der Waals surface area (Å²) in [5.41, 5.74) is 1.07. The van der Waals surface area contributed by atoms with Crippen molar-refractivity contribution in [1.82, 2.24) is 40.0 Å². The molecule has 7 rings (SSSR count). The van der Waals surface area contributed by atoms with Crippen LogP contribution in [-0.2, 0) is 13.0 Å². The van der Waals surface area contributed by atoms with Gasteiger partial charge in [-0.2, -0.15) is 18.3 Å². The second-order valence-electron chi connectivity index (χ2n) is 12.0. The Labute approximate surface area is 200 Å². The molecule has 12 heteroatoms. The van der Waals surface area contributed by atoms with E-state index in [0.717, 1.165) is 68.2 Å². The monoisotopic (exact) mass is 490 g/mol. The maximum absolute atomic E-state index is 12.9. The highest BCUT2D eigenvalue weighted by molar-refractivity contribution is 5.77. The number of hydrogen-bond acceptors (Lipinski definition) is 5. The number of alkyl halides is 3. The number of aromatic nitrogens is 6. The summed E-state index contributed by atoms with van der Waals surface area (Å²) in [5.74, 6) is 3.41. The van der Waals surface area contributed by atoms with E-state index >= 15 is 0 Å². The Balaban J connectivity index is 0.832. The highest BCUT2D eigenvalue weighted by atomic mass is 19.4. The number of carbonyl (C=O) groups excluding carboxylic acids is 1.